The lowest BCUT2D eigenvalue weighted by Gasteiger charge is -2.24. The summed E-state index contributed by atoms with van der Waals surface area (Å²) in [6.07, 6.45) is -0.483. The molecule has 0 aliphatic heterocycles. The number of nitrogens with one attached hydrogen (secondary N) is 1. The highest BCUT2D eigenvalue weighted by molar-refractivity contribution is 5.82. The maximum Gasteiger partial charge on any atom is 0.408 e. The quantitative estimate of drug-likeness (QED) is 0.737. The molecule has 0 aliphatic carbocycles. The van der Waals surface area contributed by atoms with Crippen LogP contribution in [0.2, 0.25) is 0 Å². The first-order valence-corrected chi connectivity index (χ1v) is 8.71. The summed E-state index contributed by atoms with van der Waals surface area (Å²) in [6, 6.07) is 14.8. The Bertz CT molecular complexity index is 753. The van der Waals surface area contributed by atoms with Gasteiger partial charge in [0.2, 0.25) is 0 Å². The van der Waals surface area contributed by atoms with Gasteiger partial charge in [-0.2, -0.15) is 0 Å². The van der Waals surface area contributed by atoms with Crippen molar-refractivity contribution >= 4 is 12.1 Å². The Hall–Kier alpha value is -3.06. The van der Waals surface area contributed by atoms with Crippen LogP contribution in [0.5, 0.6) is 5.75 Å². The van der Waals surface area contributed by atoms with E-state index in [1.165, 1.54) is 12.1 Å². The molecule has 2 aromatic carbocycles. The average Bonchev–Trinajstić information content (AvgIpc) is 2.60. The molecule has 0 saturated heterocycles. The Morgan fingerprint density at radius 3 is 2.18 bits per heavy atom. The number of alkyl carbamates (subject to hydrolysis) is 1. The summed E-state index contributed by atoms with van der Waals surface area (Å²) in [4.78, 5) is 24.7. The smallest absolute Gasteiger partial charge is 0.408 e. The number of esters is 1. The zero-order valence-electron chi connectivity index (χ0n) is 16.3. The van der Waals surface area contributed by atoms with Crippen LogP contribution in [-0.2, 0) is 27.3 Å². The van der Waals surface area contributed by atoms with E-state index in [0.29, 0.717) is 0 Å². The summed E-state index contributed by atoms with van der Waals surface area (Å²) in [5.74, 6) is -0.421. The summed E-state index contributed by atoms with van der Waals surface area (Å²) in [5.41, 5.74) is 0.937. The normalized spacial score (nSPS) is 11.7. The molecule has 1 unspecified atom stereocenters. The largest absolute Gasteiger partial charge is 0.508 e. The van der Waals surface area contributed by atoms with E-state index < -0.39 is 23.7 Å². The summed E-state index contributed by atoms with van der Waals surface area (Å²) in [7, 11) is 0. The third kappa shape index (κ3) is 8.09. The minimum Gasteiger partial charge on any atom is -0.508 e. The molecule has 7 nitrogen and oxygen atoms in total. The van der Waals surface area contributed by atoms with Crippen molar-refractivity contribution in [3.63, 3.8) is 0 Å². The van der Waals surface area contributed by atoms with Gasteiger partial charge in [-0.3, -0.25) is 0 Å². The van der Waals surface area contributed by atoms with E-state index in [1.54, 1.807) is 32.9 Å². The SMILES string of the molecule is CC(C)(C)OC(=O)C(Cc1ccc(O)cc1)NC(=O)OCc1ccccc1.O. The number of carbonyl (C=O) groups is 2. The molecular weight excluding hydrogens is 362 g/mol. The van der Waals surface area contributed by atoms with Crippen LogP contribution in [0.4, 0.5) is 4.79 Å². The fourth-order valence-electron chi connectivity index (χ4n) is 2.34. The van der Waals surface area contributed by atoms with Crippen molar-refractivity contribution in [3.05, 3.63) is 65.7 Å². The zero-order chi connectivity index (χ0) is 19.9. The van der Waals surface area contributed by atoms with Crippen LogP contribution in [-0.4, -0.2) is 34.3 Å². The van der Waals surface area contributed by atoms with E-state index >= 15 is 0 Å². The number of hydrogen-bond donors (Lipinski definition) is 2. The number of ether oxygens (including phenoxy) is 2. The summed E-state index contributed by atoms with van der Waals surface area (Å²) in [6.45, 7) is 5.38. The molecule has 0 radical (unpaired) electrons. The van der Waals surface area contributed by atoms with Gasteiger partial charge in [0.1, 0.15) is 24.0 Å². The molecule has 0 aromatic heterocycles. The number of amides is 1. The second-order valence-electron chi connectivity index (χ2n) is 7.16. The molecule has 152 valence electrons. The first-order chi connectivity index (χ1) is 12.7. The van der Waals surface area contributed by atoms with Crippen LogP contribution in [0.1, 0.15) is 31.9 Å². The predicted molar refractivity (Wildman–Crippen MR) is 105 cm³/mol. The topological polar surface area (TPSA) is 116 Å². The fraction of sp³-hybridized carbons (Fsp3) is 0.333. The standard InChI is InChI=1S/C21H25NO5.H2O/c1-21(2,3)27-19(24)18(13-15-9-11-17(23)12-10-15)22-20(25)26-14-16-7-5-4-6-8-16;/h4-12,18,23H,13-14H2,1-3H3,(H,22,25);1H2. The van der Waals surface area contributed by atoms with E-state index in [1.807, 2.05) is 30.3 Å². The van der Waals surface area contributed by atoms with Gasteiger partial charge in [-0.15, -0.1) is 0 Å². The van der Waals surface area contributed by atoms with Gasteiger partial charge >= 0.3 is 12.1 Å². The Morgan fingerprint density at radius 2 is 1.61 bits per heavy atom. The molecular formula is C21H27NO6. The van der Waals surface area contributed by atoms with Crippen molar-refractivity contribution in [2.75, 3.05) is 0 Å². The zero-order valence-corrected chi connectivity index (χ0v) is 16.3. The van der Waals surface area contributed by atoms with Gasteiger partial charge < -0.3 is 25.4 Å². The number of phenols is 1. The molecule has 7 heteroatoms. The van der Waals surface area contributed by atoms with Gasteiger partial charge in [-0.25, -0.2) is 9.59 Å². The molecule has 0 fully saturated rings. The Balaban J connectivity index is 0.00000392. The minimum atomic E-state index is -0.906. The highest BCUT2D eigenvalue weighted by Crippen LogP contribution is 2.14. The fourth-order valence-corrected chi connectivity index (χ4v) is 2.34. The van der Waals surface area contributed by atoms with Gasteiger partial charge in [0.05, 0.1) is 0 Å². The summed E-state index contributed by atoms with van der Waals surface area (Å²) in [5, 5.41) is 12.0. The minimum absolute atomic E-state index is 0. The molecule has 2 rings (SSSR count). The Kier molecular flexibility index (Phi) is 8.47. The van der Waals surface area contributed by atoms with Crippen molar-refractivity contribution in [1.82, 2.24) is 5.32 Å². The lowest BCUT2D eigenvalue weighted by molar-refractivity contribution is -0.157. The molecule has 0 spiro atoms. The number of aromatic hydroxyl groups is 1. The summed E-state index contributed by atoms with van der Waals surface area (Å²) >= 11 is 0. The first-order valence-electron chi connectivity index (χ1n) is 8.71. The molecule has 0 bridgehead atoms. The van der Waals surface area contributed by atoms with E-state index in [2.05, 4.69) is 5.32 Å². The van der Waals surface area contributed by atoms with Crippen LogP contribution in [0, 0.1) is 0 Å². The van der Waals surface area contributed by atoms with Gasteiger partial charge in [0.25, 0.3) is 0 Å². The van der Waals surface area contributed by atoms with E-state index in [4.69, 9.17) is 9.47 Å². The molecule has 0 heterocycles. The monoisotopic (exact) mass is 389 g/mol. The highest BCUT2D eigenvalue weighted by atomic mass is 16.6. The predicted octanol–water partition coefficient (Wildman–Crippen LogP) is 2.75. The van der Waals surface area contributed by atoms with Gasteiger partial charge in [-0.05, 0) is 44.0 Å². The molecule has 2 aromatic rings. The maximum absolute atomic E-state index is 12.5. The van der Waals surface area contributed by atoms with E-state index in [-0.39, 0.29) is 24.3 Å². The van der Waals surface area contributed by atoms with Crippen LogP contribution in [0.25, 0.3) is 0 Å². The second-order valence-corrected chi connectivity index (χ2v) is 7.16. The lowest BCUT2D eigenvalue weighted by atomic mass is 10.1. The number of benzene rings is 2. The first kappa shape index (κ1) is 23.0. The highest BCUT2D eigenvalue weighted by Gasteiger charge is 2.27. The molecule has 28 heavy (non-hydrogen) atoms. The number of rotatable bonds is 6. The van der Waals surface area contributed by atoms with Crippen LogP contribution < -0.4 is 5.32 Å². The van der Waals surface area contributed by atoms with Gasteiger partial charge in [-0.1, -0.05) is 42.5 Å². The molecule has 4 N–H and O–H groups in total. The van der Waals surface area contributed by atoms with Crippen molar-refractivity contribution < 1.29 is 29.6 Å². The van der Waals surface area contributed by atoms with Gasteiger partial charge in [0, 0.05) is 6.42 Å². The summed E-state index contributed by atoms with van der Waals surface area (Å²) < 4.78 is 10.6. The number of carbonyl (C=O) groups excluding carboxylic acids is 2. The van der Waals surface area contributed by atoms with Crippen molar-refractivity contribution in [2.24, 2.45) is 0 Å². The van der Waals surface area contributed by atoms with Crippen LogP contribution in [0.15, 0.2) is 54.6 Å². The van der Waals surface area contributed by atoms with Crippen LogP contribution >= 0.6 is 0 Å². The Labute approximate surface area is 164 Å². The second kappa shape index (κ2) is 10.3. The molecule has 1 amide bonds. The third-order valence-electron chi connectivity index (χ3n) is 3.57. The third-order valence-corrected chi connectivity index (χ3v) is 3.57. The lowest BCUT2D eigenvalue weighted by Crippen LogP contribution is -2.45. The molecule has 1 atom stereocenters. The van der Waals surface area contributed by atoms with E-state index in [9.17, 15) is 14.7 Å². The van der Waals surface area contributed by atoms with Crippen molar-refractivity contribution in [2.45, 2.75) is 45.4 Å². The van der Waals surface area contributed by atoms with Crippen LogP contribution in [0.3, 0.4) is 0 Å². The molecule has 0 aliphatic rings. The van der Waals surface area contributed by atoms with Crippen molar-refractivity contribution in [3.8, 4) is 5.75 Å². The number of hydrogen-bond acceptors (Lipinski definition) is 5. The Morgan fingerprint density at radius 1 is 1.00 bits per heavy atom. The van der Waals surface area contributed by atoms with E-state index in [0.717, 1.165) is 11.1 Å². The number of phenolic OH excluding ortho intramolecular Hbond substituents is 1. The van der Waals surface area contributed by atoms with Crippen molar-refractivity contribution in [1.29, 1.82) is 0 Å². The molecule has 0 saturated carbocycles. The average molecular weight is 389 g/mol. The maximum atomic E-state index is 12.5. The van der Waals surface area contributed by atoms with Gasteiger partial charge in [0.15, 0.2) is 0 Å².